The van der Waals surface area contributed by atoms with Gasteiger partial charge in [0, 0.05) is 28.7 Å². The number of carbonyl (C=O) groups excluding carboxylic acids is 1. The Hall–Kier alpha value is -2.47. The summed E-state index contributed by atoms with van der Waals surface area (Å²) in [5.41, 5.74) is 1.65. The molecule has 4 rings (SSSR count). The highest BCUT2D eigenvalue weighted by atomic mass is 32.1. The fourth-order valence-corrected chi connectivity index (χ4v) is 4.36. The van der Waals surface area contributed by atoms with Gasteiger partial charge in [-0.1, -0.05) is 12.1 Å². The molecule has 1 aliphatic heterocycles. The van der Waals surface area contributed by atoms with Crippen molar-refractivity contribution in [2.45, 2.75) is 38.1 Å². The summed E-state index contributed by atoms with van der Waals surface area (Å²) < 4.78 is 1.82. The lowest BCUT2D eigenvalue weighted by molar-refractivity contribution is 0.0602. The molecule has 3 aromatic rings. The number of carbonyl (C=O) groups is 1. The first-order valence-corrected chi connectivity index (χ1v) is 9.97. The van der Waals surface area contributed by atoms with E-state index in [1.807, 2.05) is 28.8 Å². The Morgan fingerprint density at radius 3 is 2.85 bits per heavy atom. The van der Waals surface area contributed by atoms with E-state index in [-0.39, 0.29) is 5.91 Å². The normalized spacial score (nSPS) is 17.4. The Balaban J connectivity index is 1.50. The first kappa shape index (κ1) is 17.0. The van der Waals surface area contributed by atoms with Gasteiger partial charge in [0.15, 0.2) is 0 Å². The van der Waals surface area contributed by atoms with Crippen LogP contribution >= 0.6 is 11.3 Å². The SMILES string of the molecule is O=C(c1cccc(-n2cnnc2)c1)N1CCCC[C@@H]1CCc1cccs1. The predicted molar refractivity (Wildman–Crippen MR) is 103 cm³/mol. The fourth-order valence-electron chi connectivity index (χ4n) is 3.63. The van der Waals surface area contributed by atoms with Crippen molar-refractivity contribution in [3.05, 3.63) is 64.9 Å². The maximum Gasteiger partial charge on any atom is 0.254 e. The Bertz CT molecular complexity index is 845. The van der Waals surface area contributed by atoms with E-state index in [1.54, 1.807) is 24.0 Å². The number of benzene rings is 1. The van der Waals surface area contributed by atoms with Crippen LogP contribution in [0, 0.1) is 0 Å². The molecule has 0 radical (unpaired) electrons. The van der Waals surface area contributed by atoms with Crippen LogP contribution in [0.2, 0.25) is 0 Å². The molecule has 26 heavy (non-hydrogen) atoms. The van der Waals surface area contributed by atoms with Gasteiger partial charge in [0.2, 0.25) is 0 Å². The second-order valence-electron chi connectivity index (χ2n) is 6.69. The molecule has 1 aromatic carbocycles. The van der Waals surface area contributed by atoms with Crippen molar-refractivity contribution in [1.82, 2.24) is 19.7 Å². The highest BCUT2D eigenvalue weighted by Gasteiger charge is 2.27. The van der Waals surface area contributed by atoms with Crippen LogP contribution < -0.4 is 0 Å². The van der Waals surface area contributed by atoms with E-state index in [2.05, 4.69) is 32.6 Å². The molecule has 1 aliphatic rings. The molecule has 134 valence electrons. The highest BCUT2D eigenvalue weighted by molar-refractivity contribution is 7.09. The molecular weight excluding hydrogens is 344 g/mol. The van der Waals surface area contributed by atoms with Crippen molar-refractivity contribution >= 4 is 17.2 Å². The van der Waals surface area contributed by atoms with E-state index < -0.39 is 0 Å². The van der Waals surface area contributed by atoms with Gasteiger partial charge in [-0.25, -0.2) is 0 Å². The van der Waals surface area contributed by atoms with Crippen LogP contribution in [-0.4, -0.2) is 38.2 Å². The van der Waals surface area contributed by atoms with Crippen molar-refractivity contribution in [1.29, 1.82) is 0 Å². The second-order valence-corrected chi connectivity index (χ2v) is 7.72. The third-order valence-corrected chi connectivity index (χ3v) is 5.94. The molecule has 1 fully saturated rings. The molecule has 1 saturated heterocycles. The van der Waals surface area contributed by atoms with Crippen LogP contribution in [0.1, 0.15) is 40.9 Å². The topological polar surface area (TPSA) is 51.0 Å². The van der Waals surface area contributed by atoms with Crippen molar-refractivity contribution in [3.8, 4) is 5.69 Å². The number of amides is 1. The summed E-state index contributed by atoms with van der Waals surface area (Å²) in [5, 5.41) is 9.81. The minimum Gasteiger partial charge on any atom is -0.336 e. The van der Waals surface area contributed by atoms with Gasteiger partial charge in [-0.2, -0.15) is 0 Å². The molecule has 0 saturated carbocycles. The number of likely N-dealkylation sites (tertiary alicyclic amines) is 1. The average molecular weight is 366 g/mol. The van der Waals surface area contributed by atoms with E-state index in [4.69, 9.17) is 0 Å². The van der Waals surface area contributed by atoms with Gasteiger partial charge in [-0.05, 0) is 61.7 Å². The number of aryl methyl sites for hydroxylation is 1. The van der Waals surface area contributed by atoms with Crippen molar-refractivity contribution in [2.24, 2.45) is 0 Å². The maximum absolute atomic E-state index is 13.2. The predicted octanol–water partition coefficient (Wildman–Crippen LogP) is 3.96. The zero-order chi connectivity index (χ0) is 17.8. The minimum absolute atomic E-state index is 0.135. The van der Waals surface area contributed by atoms with Crippen LogP contribution in [0.4, 0.5) is 0 Å². The number of aromatic nitrogens is 3. The molecule has 0 N–H and O–H groups in total. The maximum atomic E-state index is 13.2. The quantitative estimate of drug-likeness (QED) is 0.687. The lowest BCUT2D eigenvalue weighted by Crippen LogP contribution is -2.44. The molecule has 2 aromatic heterocycles. The largest absolute Gasteiger partial charge is 0.336 e. The monoisotopic (exact) mass is 366 g/mol. The number of hydrogen-bond acceptors (Lipinski definition) is 4. The number of hydrogen-bond donors (Lipinski definition) is 0. The van der Waals surface area contributed by atoms with Gasteiger partial charge in [-0.3, -0.25) is 9.36 Å². The van der Waals surface area contributed by atoms with Gasteiger partial charge in [0.05, 0.1) is 0 Å². The summed E-state index contributed by atoms with van der Waals surface area (Å²) in [4.78, 5) is 16.7. The Morgan fingerprint density at radius 1 is 1.15 bits per heavy atom. The minimum atomic E-state index is 0.135. The molecule has 0 aliphatic carbocycles. The van der Waals surface area contributed by atoms with Crippen LogP contribution in [0.5, 0.6) is 0 Å². The molecule has 0 spiro atoms. The molecule has 3 heterocycles. The van der Waals surface area contributed by atoms with E-state index in [1.165, 1.54) is 11.3 Å². The van der Waals surface area contributed by atoms with Crippen LogP contribution in [0.15, 0.2) is 54.4 Å². The smallest absolute Gasteiger partial charge is 0.254 e. The number of rotatable bonds is 5. The first-order valence-electron chi connectivity index (χ1n) is 9.10. The molecule has 6 heteroatoms. The van der Waals surface area contributed by atoms with Gasteiger partial charge in [-0.15, -0.1) is 21.5 Å². The van der Waals surface area contributed by atoms with E-state index >= 15 is 0 Å². The summed E-state index contributed by atoms with van der Waals surface area (Å²) in [5.74, 6) is 0.135. The lowest BCUT2D eigenvalue weighted by Gasteiger charge is -2.36. The summed E-state index contributed by atoms with van der Waals surface area (Å²) in [7, 11) is 0. The van der Waals surface area contributed by atoms with E-state index in [0.29, 0.717) is 6.04 Å². The van der Waals surface area contributed by atoms with Gasteiger partial charge < -0.3 is 4.90 Å². The van der Waals surface area contributed by atoms with Gasteiger partial charge in [0.1, 0.15) is 12.7 Å². The average Bonchev–Trinajstić information content (AvgIpc) is 3.40. The highest BCUT2D eigenvalue weighted by Crippen LogP contribution is 2.25. The molecular formula is C20H22N4OS. The zero-order valence-electron chi connectivity index (χ0n) is 14.6. The molecule has 1 atom stereocenters. The summed E-state index contributed by atoms with van der Waals surface area (Å²) in [6.07, 6.45) is 8.78. The Labute approximate surface area is 157 Å². The Kier molecular flexibility index (Phi) is 5.11. The molecule has 0 unspecified atom stereocenters. The summed E-state index contributed by atoms with van der Waals surface area (Å²) >= 11 is 1.80. The van der Waals surface area contributed by atoms with Crippen molar-refractivity contribution < 1.29 is 4.79 Å². The lowest BCUT2D eigenvalue weighted by atomic mass is 9.96. The summed E-state index contributed by atoms with van der Waals surface area (Å²) in [6, 6.07) is 12.3. The first-order chi connectivity index (χ1) is 12.8. The number of piperidine rings is 1. The molecule has 5 nitrogen and oxygen atoms in total. The van der Waals surface area contributed by atoms with Crippen molar-refractivity contribution in [3.63, 3.8) is 0 Å². The van der Waals surface area contributed by atoms with E-state index in [9.17, 15) is 4.79 Å². The van der Waals surface area contributed by atoms with Crippen LogP contribution in [-0.2, 0) is 6.42 Å². The summed E-state index contributed by atoms with van der Waals surface area (Å²) in [6.45, 7) is 0.852. The van der Waals surface area contributed by atoms with Crippen molar-refractivity contribution in [2.75, 3.05) is 6.54 Å². The van der Waals surface area contributed by atoms with Gasteiger partial charge in [0.25, 0.3) is 5.91 Å². The molecule has 0 bridgehead atoms. The second kappa shape index (κ2) is 7.83. The molecule has 1 amide bonds. The van der Waals surface area contributed by atoms with Crippen LogP contribution in [0.25, 0.3) is 5.69 Å². The third-order valence-electron chi connectivity index (χ3n) is 5.00. The fraction of sp³-hybridized carbons (Fsp3) is 0.350. The zero-order valence-corrected chi connectivity index (χ0v) is 15.4. The Morgan fingerprint density at radius 2 is 2.04 bits per heavy atom. The standard InChI is InChI=1S/C20H22N4OS/c25-20(16-5-3-7-18(13-16)23-14-21-22-15-23)24-11-2-1-6-17(24)9-10-19-8-4-12-26-19/h3-5,7-8,12-15,17H,1-2,6,9-11H2/t17-/m1/s1. The van der Waals surface area contributed by atoms with Crippen LogP contribution in [0.3, 0.4) is 0 Å². The van der Waals surface area contributed by atoms with E-state index in [0.717, 1.165) is 43.5 Å². The number of thiophene rings is 1. The number of nitrogens with zero attached hydrogens (tertiary/aromatic N) is 4. The third kappa shape index (κ3) is 3.70. The van der Waals surface area contributed by atoms with Gasteiger partial charge >= 0.3 is 0 Å².